The second-order valence-electron chi connectivity index (χ2n) is 7.80. The van der Waals surface area contributed by atoms with Crippen LogP contribution in [-0.2, 0) is 15.3 Å². The molecule has 0 radical (unpaired) electrons. The highest BCUT2D eigenvalue weighted by Crippen LogP contribution is 2.44. The molecule has 2 aromatic carbocycles. The third kappa shape index (κ3) is 4.60. The fourth-order valence-corrected chi connectivity index (χ4v) is 5.70. The van der Waals surface area contributed by atoms with E-state index in [-0.39, 0.29) is 16.5 Å². The molecule has 1 aliphatic rings. The van der Waals surface area contributed by atoms with Gasteiger partial charge in [-0.1, -0.05) is 53.4 Å². The molecule has 8 nitrogen and oxygen atoms in total. The molecule has 1 atom stereocenters. The number of anilines is 1. The first-order valence-corrected chi connectivity index (χ1v) is 12.7. The first-order chi connectivity index (χ1) is 17.6. The minimum Gasteiger partial charge on any atom is -0.507 e. The Hall–Kier alpha value is -4.02. The molecule has 0 bridgehead atoms. The number of aromatic nitrogens is 3. The maximum Gasteiger partial charge on any atom is 0.301 e. The van der Waals surface area contributed by atoms with E-state index in [2.05, 4.69) is 15.2 Å². The summed E-state index contributed by atoms with van der Waals surface area (Å²) in [6.45, 7) is 0. The summed E-state index contributed by atoms with van der Waals surface area (Å²) in [7, 11) is 1.54. The van der Waals surface area contributed by atoms with Crippen molar-refractivity contribution in [3.63, 3.8) is 0 Å². The summed E-state index contributed by atoms with van der Waals surface area (Å²) in [6, 6.07) is 19.1. The smallest absolute Gasteiger partial charge is 0.301 e. The summed E-state index contributed by atoms with van der Waals surface area (Å²) in [5.74, 6) is -0.545. The number of aliphatic hydroxyl groups excluding tert-OH is 1. The van der Waals surface area contributed by atoms with Crippen LogP contribution in [0.2, 0.25) is 0 Å². The Morgan fingerprint density at radius 3 is 2.44 bits per heavy atom. The van der Waals surface area contributed by atoms with Crippen molar-refractivity contribution in [2.45, 2.75) is 16.1 Å². The lowest BCUT2D eigenvalue weighted by molar-refractivity contribution is -0.132. The summed E-state index contributed by atoms with van der Waals surface area (Å²) in [4.78, 5) is 31.8. The van der Waals surface area contributed by atoms with Gasteiger partial charge in [0.15, 0.2) is 4.34 Å². The lowest BCUT2D eigenvalue weighted by Crippen LogP contribution is -2.29. The Kier molecular flexibility index (Phi) is 6.79. The standard InChI is InChI=1S/C26H20N4O4S2/c1-34-19-9-7-18(8-10-19)22(31)20-21(17-11-13-27-14-12-17)30(24(33)23(20)32)25-28-29-26(36-25)35-15-16-5-3-2-4-6-16/h2-14,21,31H,15H2,1H3. The third-order valence-corrected chi connectivity index (χ3v) is 7.76. The molecule has 1 saturated heterocycles. The number of ketones is 1. The number of nitrogens with zero attached hydrogens (tertiary/aromatic N) is 4. The van der Waals surface area contributed by atoms with Crippen LogP contribution in [0.4, 0.5) is 5.13 Å². The van der Waals surface area contributed by atoms with Crippen molar-refractivity contribution in [1.29, 1.82) is 0 Å². The molecule has 1 aliphatic heterocycles. The van der Waals surface area contributed by atoms with E-state index in [1.165, 1.54) is 35.1 Å². The minimum absolute atomic E-state index is 0.0231. The Bertz CT molecular complexity index is 1420. The van der Waals surface area contributed by atoms with E-state index in [1.807, 2.05) is 30.3 Å². The summed E-state index contributed by atoms with van der Waals surface area (Å²) in [5, 5.41) is 19.9. The topological polar surface area (TPSA) is 106 Å². The van der Waals surface area contributed by atoms with Gasteiger partial charge in [-0.25, -0.2) is 0 Å². The second kappa shape index (κ2) is 10.3. The van der Waals surface area contributed by atoms with Crippen molar-refractivity contribution < 1.29 is 19.4 Å². The number of methoxy groups -OCH3 is 1. The molecule has 1 unspecified atom stereocenters. The average molecular weight is 517 g/mol. The number of aliphatic hydroxyl groups is 1. The van der Waals surface area contributed by atoms with Gasteiger partial charge in [0.2, 0.25) is 5.13 Å². The van der Waals surface area contributed by atoms with Gasteiger partial charge < -0.3 is 9.84 Å². The van der Waals surface area contributed by atoms with E-state index in [0.717, 1.165) is 5.56 Å². The van der Waals surface area contributed by atoms with E-state index >= 15 is 0 Å². The van der Waals surface area contributed by atoms with Gasteiger partial charge in [0.05, 0.1) is 18.7 Å². The van der Waals surface area contributed by atoms with Gasteiger partial charge in [0.25, 0.3) is 5.78 Å². The molecule has 0 aliphatic carbocycles. The van der Waals surface area contributed by atoms with Crippen molar-refractivity contribution in [2.75, 3.05) is 12.0 Å². The highest BCUT2D eigenvalue weighted by molar-refractivity contribution is 8.00. The third-order valence-electron chi connectivity index (χ3n) is 5.64. The Morgan fingerprint density at radius 1 is 1.03 bits per heavy atom. The van der Waals surface area contributed by atoms with Crippen molar-refractivity contribution in [2.24, 2.45) is 0 Å². The van der Waals surface area contributed by atoms with Crippen LogP contribution in [0.1, 0.15) is 22.7 Å². The maximum atomic E-state index is 13.3. The van der Waals surface area contributed by atoms with Crippen molar-refractivity contribution in [3.05, 3.63) is 101 Å². The summed E-state index contributed by atoms with van der Waals surface area (Å²) in [5.41, 5.74) is 2.12. The predicted molar refractivity (Wildman–Crippen MR) is 138 cm³/mol. The zero-order valence-electron chi connectivity index (χ0n) is 19.1. The van der Waals surface area contributed by atoms with Gasteiger partial charge >= 0.3 is 5.91 Å². The summed E-state index contributed by atoms with van der Waals surface area (Å²) >= 11 is 2.72. The number of benzene rings is 2. The number of amides is 1. The van der Waals surface area contributed by atoms with Crippen LogP contribution in [0, 0.1) is 0 Å². The van der Waals surface area contributed by atoms with Crippen LogP contribution >= 0.6 is 23.1 Å². The fourth-order valence-electron chi connectivity index (χ4n) is 3.87. The van der Waals surface area contributed by atoms with Gasteiger partial charge in [-0.15, -0.1) is 10.2 Å². The lowest BCUT2D eigenvalue weighted by Gasteiger charge is -2.22. The monoisotopic (exact) mass is 516 g/mol. The van der Waals surface area contributed by atoms with Crippen molar-refractivity contribution in [1.82, 2.24) is 15.2 Å². The quantitative estimate of drug-likeness (QED) is 0.122. The number of hydrogen-bond donors (Lipinski definition) is 1. The molecule has 5 rings (SSSR count). The zero-order valence-corrected chi connectivity index (χ0v) is 20.7. The number of thioether (sulfide) groups is 1. The largest absolute Gasteiger partial charge is 0.507 e. The molecular formula is C26H20N4O4S2. The van der Waals surface area contributed by atoms with Crippen LogP contribution in [-0.4, -0.2) is 39.1 Å². The van der Waals surface area contributed by atoms with E-state index in [4.69, 9.17) is 4.74 Å². The molecule has 4 aromatic rings. The Balaban J connectivity index is 1.53. The predicted octanol–water partition coefficient (Wildman–Crippen LogP) is 4.86. The maximum absolute atomic E-state index is 13.3. The number of pyridine rings is 1. The number of Topliss-reactive ketones (excluding diaryl/α,β-unsaturated/α-hetero) is 1. The molecule has 1 amide bonds. The van der Waals surface area contributed by atoms with Crippen molar-refractivity contribution in [3.8, 4) is 5.75 Å². The average Bonchev–Trinajstić information content (AvgIpc) is 3.50. The highest BCUT2D eigenvalue weighted by Gasteiger charge is 2.48. The molecule has 1 N–H and O–H groups in total. The van der Waals surface area contributed by atoms with Gasteiger partial charge in [0, 0.05) is 23.7 Å². The number of hydrogen-bond acceptors (Lipinski definition) is 9. The minimum atomic E-state index is -0.880. The fraction of sp³-hybridized carbons (Fsp3) is 0.115. The molecule has 10 heteroatoms. The van der Waals surface area contributed by atoms with Gasteiger partial charge in [-0.05, 0) is 47.5 Å². The SMILES string of the molecule is COc1ccc(C(O)=C2C(=O)C(=O)N(c3nnc(SCc4ccccc4)s3)C2c2ccncc2)cc1. The summed E-state index contributed by atoms with van der Waals surface area (Å²) in [6.07, 6.45) is 3.15. The number of rotatable bonds is 7. The molecule has 1 fully saturated rings. The van der Waals surface area contributed by atoms with Crippen LogP contribution in [0.5, 0.6) is 5.75 Å². The van der Waals surface area contributed by atoms with Gasteiger partial charge in [-0.2, -0.15) is 0 Å². The number of carbonyl (C=O) groups is 2. The summed E-state index contributed by atoms with van der Waals surface area (Å²) < 4.78 is 5.84. The van der Waals surface area contributed by atoms with Crippen LogP contribution in [0.15, 0.2) is 89.0 Å². The van der Waals surface area contributed by atoms with Crippen LogP contribution in [0.3, 0.4) is 0 Å². The van der Waals surface area contributed by atoms with Gasteiger partial charge in [-0.3, -0.25) is 19.5 Å². The molecule has 2 aromatic heterocycles. The Labute approximate surface area is 215 Å². The first-order valence-electron chi connectivity index (χ1n) is 10.9. The van der Waals surface area contributed by atoms with E-state index in [0.29, 0.717) is 27.0 Å². The molecule has 36 heavy (non-hydrogen) atoms. The molecular weight excluding hydrogens is 496 g/mol. The molecule has 180 valence electrons. The lowest BCUT2D eigenvalue weighted by atomic mass is 9.96. The zero-order chi connectivity index (χ0) is 25.1. The van der Waals surface area contributed by atoms with Crippen LogP contribution in [0.25, 0.3) is 5.76 Å². The first kappa shape index (κ1) is 23.7. The molecule has 3 heterocycles. The van der Waals surface area contributed by atoms with E-state index < -0.39 is 17.7 Å². The molecule has 0 spiro atoms. The number of ether oxygens (including phenoxy) is 1. The van der Waals surface area contributed by atoms with Crippen LogP contribution < -0.4 is 9.64 Å². The highest BCUT2D eigenvalue weighted by atomic mass is 32.2. The van der Waals surface area contributed by atoms with Crippen molar-refractivity contribution >= 4 is 45.7 Å². The second-order valence-corrected chi connectivity index (χ2v) is 9.98. The Morgan fingerprint density at radius 2 is 1.75 bits per heavy atom. The number of carbonyl (C=O) groups excluding carboxylic acids is 2. The molecule has 0 saturated carbocycles. The van der Waals surface area contributed by atoms with Gasteiger partial charge in [0.1, 0.15) is 11.5 Å². The van der Waals surface area contributed by atoms with E-state index in [1.54, 1.807) is 48.8 Å². The normalized spacial score (nSPS) is 16.9. The van der Waals surface area contributed by atoms with E-state index in [9.17, 15) is 14.7 Å².